The van der Waals surface area contributed by atoms with E-state index in [1.165, 1.54) is 16.4 Å². The van der Waals surface area contributed by atoms with Crippen LogP contribution in [0.2, 0.25) is 0 Å². The average molecular weight is 437 g/mol. The van der Waals surface area contributed by atoms with Crippen LogP contribution in [-0.2, 0) is 16.2 Å². The molecule has 0 radical (unpaired) electrons. The van der Waals surface area contributed by atoms with Crippen molar-refractivity contribution in [2.24, 2.45) is 0 Å². The summed E-state index contributed by atoms with van der Waals surface area (Å²) in [5, 5.41) is 8.93. The van der Waals surface area contributed by atoms with E-state index in [9.17, 15) is 30.8 Å². The second kappa shape index (κ2) is 8.86. The third kappa shape index (κ3) is 5.73. The van der Waals surface area contributed by atoms with Gasteiger partial charge in [0.05, 0.1) is 11.9 Å². The van der Waals surface area contributed by atoms with Crippen LogP contribution in [0.5, 0.6) is 0 Å². The number of nitrogens with zero attached hydrogens (tertiary/aromatic N) is 4. The van der Waals surface area contributed by atoms with Crippen molar-refractivity contribution < 1.29 is 30.8 Å². The first-order valence-corrected chi connectivity index (χ1v) is 10.3. The van der Waals surface area contributed by atoms with Crippen molar-refractivity contribution in [2.45, 2.75) is 19.5 Å². The number of aromatic nitrogens is 3. The zero-order valence-corrected chi connectivity index (χ0v) is 16.4. The van der Waals surface area contributed by atoms with Gasteiger partial charge in [-0.05, 0) is 24.6 Å². The lowest BCUT2D eigenvalue weighted by Gasteiger charge is -2.17. The molecule has 8 nitrogen and oxygen atoms in total. The van der Waals surface area contributed by atoms with Gasteiger partial charge in [0, 0.05) is 19.6 Å². The number of amides is 1. The molecule has 0 aliphatic rings. The molecule has 13 heteroatoms. The normalized spacial score (nSPS) is 12.4. The van der Waals surface area contributed by atoms with Crippen molar-refractivity contribution in [3.05, 3.63) is 41.5 Å². The summed E-state index contributed by atoms with van der Waals surface area (Å²) in [4.78, 5) is 12.2. The molecular weight excluding hydrogens is 418 g/mol. The van der Waals surface area contributed by atoms with Gasteiger partial charge in [-0.25, -0.2) is 21.8 Å². The molecule has 2 rings (SSSR count). The van der Waals surface area contributed by atoms with Gasteiger partial charge in [-0.1, -0.05) is 18.2 Å². The van der Waals surface area contributed by atoms with Crippen molar-refractivity contribution in [3.8, 4) is 5.69 Å². The van der Waals surface area contributed by atoms with Crippen LogP contribution < -0.4 is 5.32 Å². The molecule has 160 valence electrons. The Balaban J connectivity index is 2.17. The van der Waals surface area contributed by atoms with Gasteiger partial charge in [0.2, 0.25) is 10.0 Å². The number of carbonyl (C=O) groups excluding carboxylic acids is 1. The molecular formula is C16H19F4N5O3S. The Bertz CT molecular complexity index is 975. The molecule has 0 unspecified atom stereocenters. The highest BCUT2D eigenvalue weighted by molar-refractivity contribution is 7.88. The van der Waals surface area contributed by atoms with Crippen molar-refractivity contribution in [3.63, 3.8) is 0 Å². The number of sulfonamides is 1. The van der Waals surface area contributed by atoms with Crippen LogP contribution >= 0.6 is 0 Å². The van der Waals surface area contributed by atoms with Crippen LogP contribution in [0.3, 0.4) is 0 Å². The summed E-state index contributed by atoms with van der Waals surface area (Å²) < 4.78 is 78.4. The summed E-state index contributed by atoms with van der Waals surface area (Å²) >= 11 is 0. The Kier molecular flexibility index (Phi) is 6.95. The number of alkyl halides is 3. The zero-order valence-electron chi connectivity index (χ0n) is 15.6. The average Bonchev–Trinajstić information content (AvgIpc) is 3.06. The molecule has 0 saturated heterocycles. The third-order valence-electron chi connectivity index (χ3n) is 3.90. The fourth-order valence-corrected chi connectivity index (χ4v) is 3.51. The molecule has 0 bridgehead atoms. The number of nitrogens with one attached hydrogen (secondary N) is 1. The standard InChI is InChI=1S/C16H19F4N5O3S/c1-3-24(29(2,27)28)9-5-8-21-15(26)13-14(16(18,19)20)25(23-22-13)12-7-4-6-11(17)10-12/h4,6-7,10H,3,5,8-9H2,1-2H3,(H,21,26). The molecule has 2 aromatic rings. The summed E-state index contributed by atoms with van der Waals surface area (Å²) in [7, 11) is -3.41. The van der Waals surface area contributed by atoms with Crippen LogP contribution in [0.1, 0.15) is 29.5 Å². The SMILES string of the molecule is CCN(CCCNC(=O)c1nnn(-c2cccc(F)c2)c1C(F)(F)F)S(C)(=O)=O. The number of carbonyl (C=O) groups is 1. The number of benzene rings is 1. The Hall–Kier alpha value is -2.54. The lowest BCUT2D eigenvalue weighted by molar-refractivity contribution is -0.143. The molecule has 1 aromatic heterocycles. The van der Waals surface area contributed by atoms with Gasteiger partial charge < -0.3 is 5.32 Å². The van der Waals surface area contributed by atoms with Gasteiger partial charge in [0.1, 0.15) is 5.82 Å². The molecule has 1 aromatic carbocycles. The molecule has 0 aliphatic heterocycles. The van der Waals surface area contributed by atoms with E-state index in [2.05, 4.69) is 15.6 Å². The van der Waals surface area contributed by atoms with E-state index < -0.39 is 39.3 Å². The molecule has 0 saturated carbocycles. The van der Waals surface area contributed by atoms with Gasteiger partial charge in [-0.15, -0.1) is 5.10 Å². The Labute approximate surface area is 164 Å². The van der Waals surface area contributed by atoms with E-state index in [0.29, 0.717) is 4.68 Å². The van der Waals surface area contributed by atoms with Crippen molar-refractivity contribution in [1.29, 1.82) is 0 Å². The molecule has 0 aliphatic carbocycles. The maximum Gasteiger partial charge on any atom is 0.435 e. The van der Waals surface area contributed by atoms with E-state index in [1.54, 1.807) is 6.92 Å². The molecule has 0 fully saturated rings. The van der Waals surface area contributed by atoms with Gasteiger partial charge in [-0.3, -0.25) is 4.79 Å². The highest BCUT2D eigenvalue weighted by Gasteiger charge is 2.42. The monoisotopic (exact) mass is 437 g/mol. The first kappa shape index (κ1) is 22.7. The van der Waals surface area contributed by atoms with Gasteiger partial charge in [-0.2, -0.15) is 13.2 Å². The predicted molar refractivity (Wildman–Crippen MR) is 95.4 cm³/mol. The lowest BCUT2D eigenvalue weighted by Crippen LogP contribution is -2.34. The maximum absolute atomic E-state index is 13.5. The topological polar surface area (TPSA) is 97.2 Å². The van der Waals surface area contributed by atoms with E-state index >= 15 is 0 Å². The van der Waals surface area contributed by atoms with E-state index in [1.807, 2.05) is 0 Å². The second-order valence-electron chi connectivity index (χ2n) is 6.04. The largest absolute Gasteiger partial charge is 0.435 e. The van der Waals surface area contributed by atoms with Crippen LogP contribution in [0.15, 0.2) is 24.3 Å². The van der Waals surface area contributed by atoms with Crippen molar-refractivity contribution >= 4 is 15.9 Å². The summed E-state index contributed by atoms with van der Waals surface area (Å²) in [5.74, 6) is -1.90. The summed E-state index contributed by atoms with van der Waals surface area (Å²) in [6, 6.07) is 4.28. The first-order valence-electron chi connectivity index (χ1n) is 8.47. The number of rotatable bonds is 8. The summed E-state index contributed by atoms with van der Waals surface area (Å²) in [5.41, 5.74) is -2.64. The second-order valence-corrected chi connectivity index (χ2v) is 8.02. The first-order chi connectivity index (χ1) is 13.4. The minimum atomic E-state index is -4.97. The van der Waals surface area contributed by atoms with Crippen LogP contribution in [0, 0.1) is 5.82 Å². The van der Waals surface area contributed by atoms with E-state index in [-0.39, 0.29) is 31.7 Å². The van der Waals surface area contributed by atoms with Gasteiger partial charge in [0.15, 0.2) is 11.4 Å². The zero-order chi connectivity index (χ0) is 21.8. The Morgan fingerprint density at radius 1 is 1.31 bits per heavy atom. The lowest BCUT2D eigenvalue weighted by atomic mass is 10.2. The Morgan fingerprint density at radius 2 is 2.00 bits per heavy atom. The molecule has 0 atom stereocenters. The fraction of sp³-hybridized carbons (Fsp3) is 0.438. The highest BCUT2D eigenvalue weighted by atomic mass is 32.2. The smallest absolute Gasteiger partial charge is 0.351 e. The molecule has 1 amide bonds. The third-order valence-corrected chi connectivity index (χ3v) is 5.28. The molecule has 0 spiro atoms. The van der Waals surface area contributed by atoms with Crippen molar-refractivity contribution in [1.82, 2.24) is 24.6 Å². The van der Waals surface area contributed by atoms with E-state index in [0.717, 1.165) is 18.4 Å². The van der Waals surface area contributed by atoms with Crippen molar-refractivity contribution in [2.75, 3.05) is 25.9 Å². The van der Waals surface area contributed by atoms with E-state index in [4.69, 9.17) is 0 Å². The van der Waals surface area contributed by atoms with Crippen LogP contribution in [0.4, 0.5) is 17.6 Å². The summed E-state index contributed by atoms with van der Waals surface area (Å²) in [6.45, 7) is 1.89. The Morgan fingerprint density at radius 3 is 2.55 bits per heavy atom. The van der Waals surface area contributed by atoms with Crippen LogP contribution in [0.25, 0.3) is 5.69 Å². The minimum Gasteiger partial charge on any atom is -0.351 e. The van der Waals surface area contributed by atoms with Gasteiger partial charge in [0.25, 0.3) is 5.91 Å². The highest BCUT2D eigenvalue weighted by Crippen LogP contribution is 2.32. The summed E-state index contributed by atoms with van der Waals surface area (Å²) in [6.07, 6.45) is -3.75. The predicted octanol–water partition coefficient (Wildman–Crippen LogP) is 1.83. The number of hydrogen-bond donors (Lipinski definition) is 1. The van der Waals surface area contributed by atoms with Crippen LogP contribution in [-0.4, -0.2) is 59.5 Å². The quantitative estimate of drug-likeness (QED) is 0.502. The molecule has 29 heavy (non-hydrogen) atoms. The number of hydrogen-bond acceptors (Lipinski definition) is 5. The minimum absolute atomic E-state index is 0.0744. The molecule has 1 N–H and O–H groups in total. The maximum atomic E-state index is 13.5. The van der Waals surface area contributed by atoms with Gasteiger partial charge >= 0.3 is 6.18 Å². The molecule has 1 heterocycles. The number of halogens is 4. The fourth-order valence-electron chi connectivity index (χ4n) is 2.58.